The number of nitrogens with one attached hydrogen (secondary N) is 1. The van der Waals surface area contributed by atoms with Crippen molar-refractivity contribution in [1.29, 1.82) is 0 Å². The fourth-order valence-corrected chi connectivity index (χ4v) is 5.08. The van der Waals surface area contributed by atoms with Crippen LogP contribution in [0.15, 0.2) is 41.4 Å². The van der Waals surface area contributed by atoms with Gasteiger partial charge in [0.15, 0.2) is 14.1 Å². The molecule has 2 aliphatic rings. The van der Waals surface area contributed by atoms with Gasteiger partial charge in [-0.2, -0.15) is 0 Å². The highest BCUT2D eigenvalue weighted by molar-refractivity contribution is 6.69. The van der Waals surface area contributed by atoms with Crippen molar-refractivity contribution in [2.75, 3.05) is 11.9 Å². The molecule has 7 heteroatoms. The zero-order chi connectivity index (χ0) is 20.1. The normalized spacial score (nSPS) is 21.0. The number of nitrogens with zero attached hydrogens (tertiary/aromatic N) is 1. The third-order valence-electron chi connectivity index (χ3n) is 5.41. The Labute approximate surface area is 163 Å². The molecule has 2 heterocycles. The van der Waals surface area contributed by atoms with E-state index in [1.54, 1.807) is 12.1 Å². The smallest absolute Gasteiger partial charge is 0.185 e. The number of hydrogen-bond acceptors (Lipinski definition) is 4. The Bertz CT molecular complexity index is 968. The van der Waals surface area contributed by atoms with Gasteiger partial charge in [0, 0.05) is 22.7 Å². The van der Waals surface area contributed by atoms with Gasteiger partial charge in [0.05, 0.1) is 11.8 Å². The van der Waals surface area contributed by atoms with Gasteiger partial charge in [-0.1, -0.05) is 12.1 Å². The Kier molecular flexibility index (Phi) is 4.67. The molecule has 0 saturated heterocycles. The van der Waals surface area contributed by atoms with Crippen LogP contribution in [-0.2, 0) is 0 Å². The molecular weight excluding hydrogens is 378 g/mol. The van der Waals surface area contributed by atoms with Gasteiger partial charge in [0.1, 0.15) is 18.2 Å². The summed E-state index contributed by atoms with van der Waals surface area (Å²) in [6.45, 7) is 3.77. The van der Waals surface area contributed by atoms with Gasteiger partial charge in [-0.15, -0.1) is 0 Å². The number of hydrogen-bond donors (Lipinski definition) is 2. The summed E-state index contributed by atoms with van der Waals surface area (Å²) in [5, 5.41) is 3.36. The Morgan fingerprint density at radius 1 is 1.18 bits per heavy atom. The Balaban J connectivity index is 1.83. The first kappa shape index (κ1) is 19.0. The molecule has 0 radical (unpaired) electrons. The first-order valence-electron chi connectivity index (χ1n) is 9.39. The molecular formula is C21H22F2N2O2Si. The Hall–Kier alpha value is -2.38. The summed E-state index contributed by atoms with van der Waals surface area (Å²) in [6.07, 6.45) is 0.675. The van der Waals surface area contributed by atoms with Crippen LogP contribution in [0.1, 0.15) is 33.9 Å². The van der Waals surface area contributed by atoms with Crippen LogP contribution in [0.25, 0.3) is 0 Å². The summed E-state index contributed by atoms with van der Waals surface area (Å²) in [4.78, 5) is 27.2. The standard InChI is InChI=1S/C21H22F2N2O2Si/c1-28(2,27)8-7-15-20(12-3-5-13(22)6-4-12)25-17-10-14(23)9-16-18(26)11-24-21(15)19(16)17/h3-6,9-10,15,20,25,27H,7-8,11H2,1-2H3/t15-,20-/m1/s1. The number of ketones is 1. The molecule has 2 aliphatic heterocycles. The maximum Gasteiger partial charge on any atom is 0.185 e. The van der Waals surface area contributed by atoms with Crippen molar-refractivity contribution in [2.24, 2.45) is 10.9 Å². The molecule has 0 unspecified atom stereocenters. The van der Waals surface area contributed by atoms with Crippen LogP contribution >= 0.6 is 0 Å². The van der Waals surface area contributed by atoms with Gasteiger partial charge in [-0.05, 0) is 55.4 Å². The van der Waals surface area contributed by atoms with Crippen LogP contribution in [0.5, 0.6) is 0 Å². The number of rotatable bonds is 4. The molecule has 28 heavy (non-hydrogen) atoms. The lowest BCUT2D eigenvalue weighted by atomic mass is 9.77. The largest absolute Gasteiger partial charge is 0.432 e. The SMILES string of the molecule is C[Si](C)(O)CC[C@H]1C2=NCC(=O)c3cc(F)cc(c32)N[C@@H]1c1ccc(F)cc1. The highest BCUT2D eigenvalue weighted by atomic mass is 28.4. The molecule has 0 bridgehead atoms. The topological polar surface area (TPSA) is 61.7 Å². The van der Waals surface area contributed by atoms with E-state index in [9.17, 15) is 18.4 Å². The van der Waals surface area contributed by atoms with Gasteiger partial charge in [0.2, 0.25) is 0 Å². The number of carbonyl (C=O) groups excluding carboxylic acids is 1. The second-order valence-corrected chi connectivity index (χ2v) is 12.3. The first-order valence-corrected chi connectivity index (χ1v) is 12.5. The second kappa shape index (κ2) is 6.90. The number of Topliss-reactive ketones (excluding diaryl/α,β-unsaturated/α-hetero) is 1. The minimum absolute atomic E-state index is 0.00217. The number of anilines is 1. The zero-order valence-electron chi connectivity index (χ0n) is 15.8. The molecule has 0 spiro atoms. The fraction of sp³-hybridized carbons (Fsp3) is 0.333. The molecule has 0 aromatic heterocycles. The third-order valence-corrected chi connectivity index (χ3v) is 6.93. The van der Waals surface area contributed by atoms with E-state index < -0.39 is 14.1 Å². The van der Waals surface area contributed by atoms with E-state index in [1.807, 2.05) is 13.1 Å². The predicted octanol–water partition coefficient (Wildman–Crippen LogP) is 4.32. The minimum atomic E-state index is -2.30. The van der Waals surface area contributed by atoms with Crippen LogP contribution in [0, 0.1) is 17.6 Å². The van der Waals surface area contributed by atoms with E-state index >= 15 is 0 Å². The van der Waals surface area contributed by atoms with Gasteiger partial charge in [-0.3, -0.25) is 9.79 Å². The highest BCUT2D eigenvalue weighted by Crippen LogP contribution is 2.43. The van der Waals surface area contributed by atoms with Gasteiger partial charge in [0.25, 0.3) is 0 Å². The summed E-state index contributed by atoms with van der Waals surface area (Å²) in [6, 6.07) is 9.29. The molecule has 2 aromatic carbocycles. The van der Waals surface area contributed by atoms with Crippen molar-refractivity contribution in [3.63, 3.8) is 0 Å². The summed E-state index contributed by atoms with van der Waals surface area (Å²) < 4.78 is 27.6. The molecule has 0 fully saturated rings. The first-order chi connectivity index (χ1) is 13.2. The maximum atomic E-state index is 14.1. The van der Waals surface area contributed by atoms with Crippen molar-refractivity contribution in [3.05, 3.63) is 64.7 Å². The monoisotopic (exact) mass is 400 g/mol. The molecule has 0 amide bonds. The van der Waals surface area contributed by atoms with Crippen LogP contribution in [0.3, 0.4) is 0 Å². The molecule has 0 aliphatic carbocycles. The van der Waals surface area contributed by atoms with Crippen molar-refractivity contribution in [1.82, 2.24) is 0 Å². The lowest BCUT2D eigenvalue weighted by molar-refractivity contribution is 0.0999. The summed E-state index contributed by atoms with van der Waals surface area (Å²) >= 11 is 0. The van der Waals surface area contributed by atoms with E-state index in [4.69, 9.17) is 0 Å². The predicted molar refractivity (Wildman–Crippen MR) is 108 cm³/mol. The van der Waals surface area contributed by atoms with E-state index in [0.29, 0.717) is 29.3 Å². The molecule has 0 saturated carbocycles. The number of aliphatic imine (C=N–C) groups is 1. The highest BCUT2D eigenvalue weighted by Gasteiger charge is 2.39. The zero-order valence-corrected chi connectivity index (χ0v) is 16.8. The van der Waals surface area contributed by atoms with Gasteiger partial charge >= 0.3 is 0 Å². The van der Waals surface area contributed by atoms with Crippen LogP contribution < -0.4 is 5.32 Å². The summed E-state index contributed by atoms with van der Waals surface area (Å²) in [7, 11) is -2.30. The van der Waals surface area contributed by atoms with E-state index in [2.05, 4.69) is 10.3 Å². The third kappa shape index (κ3) is 3.52. The minimum Gasteiger partial charge on any atom is -0.432 e. The van der Waals surface area contributed by atoms with Crippen molar-refractivity contribution in [2.45, 2.75) is 31.6 Å². The Morgan fingerprint density at radius 2 is 1.89 bits per heavy atom. The van der Waals surface area contributed by atoms with Crippen molar-refractivity contribution < 1.29 is 18.4 Å². The summed E-state index contributed by atoms with van der Waals surface area (Å²) in [5.74, 6) is -1.10. The van der Waals surface area contributed by atoms with Crippen molar-refractivity contribution in [3.8, 4) is 0 Å². The number of halogens is 2. The van der Waals surface area contributed by atoms with Crippen LogP contribution in [0.4, 0.5) is 14.5 Å². The van der Waals surface area contributed by atoms with Gasteiger partial charge < -0.3 is 10.1 Å². The molecule has 2 aromatic rings. The Morgan fingerprint density at radius 3 is 2.57 bits per heavy atom. The van der Waals surface area contributed by atoms with E-state index in [0.717, 1.165) is 11.3 Å². The molecule has 4 rings (SSSR count). The number of benzene rings is 2. The van der Waals surface area contributed by atoms with Crippen LogP contribution in [-0.4, -0.2) is 31.2 Å². The number of carbonyl (C=O) groups is 1. The fourth-order valence-electron chi connectivity index (χ4n) is 4.06. The average Bonchev–Trinajstić information content (AvgIpc) is 2.62. The lowest BCUT2D eigenvalue weighted by Crippen LogP contribution is -2.39. The van der Waals surface area contributed by atoms with Gasteiger partial charge in [-0.25, -0.2) is 8.78 Å². The van der Waals surface area contributed by atoms with Crippen molar-refractivity contribution >= 4 is 25.5 Å². The molecule has 4 nitrogen and oxygen atoms in total. The molecule has 146 valence electrons. The summed E-state index contributed by atoms with van der Waals surface area (Å²) in [5.41, 5.74) is 3.19. The maximum absolute atomic E-state index is 14.1. The molecule has 2 atom stereocenters. The lowest BCUT2D eigenvalue weighted by Gasteiger charge is -2.39. The quantitative estimate of drug-likeness (QED) is 0.752. The van der Waals surface area contributed by atoms with E-state index in [1.165, 1.54) is 24.3 Å². The molecule has 2 N–H and O–H groups in total. The van der Waals surface area contributed by atoms with Crippen LogP contribution in [0.2, 0.25) is 19.1 Å². The average molecular weight is 401 g/mol. The van der Waals surface area contributed by atoms with E-state index in [-0.39, 0.29) is 30.1 Å². The second-order valence-electron chi connectivity index (χ2n) is 8.13.